The van der Waals surface area contributed by atoms with Gasteiger partial charge in [0.1, 0.15) is 18.1 Å². The molecule has 1 heterocycles. The van der Waals surface area contributed by atoms with Crippen molar-refractivity contribution >= 4 is 18.0 Å². The van der Waals surface area contributed by atoms with Crippen LogP contribution in [0.2, 0.25) is 0 Å². The maximum absolute atomic E-state index is 14.0. The molecule has 1 saturated heterocycles. The number of amides is 3. The largest absolute Gasteiger partial charge is 0.490 e. The van der Waals surface area contributed by atoms with Crippen LogP contribution < -0.4 is 14.8 Å². The molecule has 0 saturated carbocycles. The Bertz CT molecular complexity index is 1120. The van der Waals surface area contributed by atoms with E-state index in [1.807, 2.05) is 13.0 Å². The Kier molecular flexibility index (Phi) is 7.29. The molecule has 1 fully saturated rings. The summed E-state index contributed by atoms with van der Waals surface area (Å²) in [5.41, 5.74) is 1.72. The van der Waals surface area contributed by atoms with Crippen LogP contribution in [0.5, 0.6) is 11.5 Å². The topological polar surface area (TPSA) is 67.9 Å². The molecule has 1 aliphatic rings. The summed E-state index contributed by atoms with van der Waals surface area (Å²) in [6.45, 7) is 5.90. The van der Waals surface area contributed by atoms with Gasteiger partial charge in [0.2, 0.25) is 0 Å². The molecule has 3 rings (SSSR count). The van der Waals surface area contributed by atoms with E-state index in [9.17, 15) is 14.0 Å². The lowest BCUT2D eigenvalue weighted by Crippen LogP contribution is -2.30. The first-order chi connectivity index (χ1) is 15.5. The number of allylic oxidation sites excluding steroid dienone is 1. The standard InChI is InChI=1S/C25H23FN2O4/c1-4-9-18-13-17(15-22(31-6-3)23(18)32-12-5-2)14-21-24(29)28(25(30)27-21)16-19-10-7-8-11-20(19)26/h2,4,7-8,10-11,13-15H,1,6,9,12,16H2,3H3,(H,27,30). The molecule has 7 heteroatoms. The Labute approximate surface area is 186 Å². The summed E-state index contributed by atoms with van der Waals surface area (Å²) >= 11 is 0. The van der Waals surface area contributed by atoms with Crippen molar-refractivity contribution in [3.63, 3.8) is 0 Å². The van der Waals surface area contributed by atoms with Crippen LogP contribution in [0.1, 0.15) is 23.6 Å². The van der Waals surface area contributed by atoms with Crippen LogP contribution in [0.4, 0.5) is 9.18 Å². The summed E-state index contributed by atoms with van der Waals surface area (Å²) in [4.78, 5) is 26.2. The van der Waals surface area contributed by atoms with Gasteiger partial charge in [-0.2, -0.15) is 0 Å². The van der Waals surface area contributed by atoms with E-state index in [2.05, 4.69) is 17.8 Å². The van der Waals surface area contributed by atoms with Gasteiger partial charge in [0.15, 0.2) is 11.5 Å². The quantitative estimate of drug-likeness (QED) is 0.280. The Balaban J connectivity index is 1.93. The highest BCUT2D eigenvalue weighted by atomic mass is 19.1. The third kappa shape index (κ3) is 4.98. The second kappa shape index (κ2) is 10.3. The summed E-state index contributed by atoms with van der Waals surface area (Å²) in [7, 11) is 0. The van der Waals surface area contributed by atoms with Gasteiger partial charge in [0.05, 0.1) is 13.2 Å². The van der Waals surface area contributed by atoms with Gasteiger partial charge in [-0.3, -0.25) is 9.69 Å². The molecular weight excluding hydrogens is 411 g/mol. The summed E-state index contributed by atoms with van der Waals surface area (Å²) < 4.78 is 25.3. The molecule has 0 bridgehead atoms. The van der Waals surface area contributed by atoms with Crippen LogP contribution in [0.15, 0.2) is 54.8 Å². The van der Waals surface area contributed by atoms with Crippen LogP contribution in [0.25, 0.3) is 6.08 Å². The zero-order valence-electron chi connectivity index (χ0n) is 17.7. The number of terminal acetylenes is 1. The summed E-state index contributed by atoms with van der Waals surface area (Å²) in [6.07, 6.45) is 9.06. The van der Waals surface area contributed by atoms with Gasteiger partial charge in [0, 0.05) is 11.1 Å². The number of rotatable bonds is 9. The van der Waals surface area contributed by atoms with Crippen molar-refractivity contribution in [2.45, 2.75) is 19.9 Å². The van der Waals surface area contributed by atoms with Crippen molar-refractivity contribution in [3.8, 4) is 23.8 Å². The molecule has 0 unspecified atom stereocenters. The van der Waals surface area contributed by atoms with Crippen molar-refractivity contribution in [2.75, 3.05) is 13.2 Å². The van der Waals surface area contributed by atoms with Gasteiger partial charge < -0.3 is 14.8 Å². The fraction of sp³-hybridized carbons (Fsp3) is 0.200. The summed E-state index contributed by atoms with van der Waals surface area (Å²) in [6, 6.07) is 8.90. The van der Waals surface area contributed by atoms with Crippen molar-refractivity contribution in [1.29, 1.82) is 0 Å². The number of nitrogens with zero attached hydrogens (tertiary/aromatic N) is 1. The first-order valence-electron chi connectivity index (χ1n) is 10.0. The van der Waals surface area contributed by atoms with Crippen LogP contribution in [0.3, 0.4) is 0 Å². The first-order valence-corrected chi connectivity index (χ1v) is 10.0. The second-order valence-electron chi connectivity index (χ2n) is 6.90. The molecule has 0 aromatic heterocycles. The van der Waals surface area contributed by atoms with E-state index >= 15 is 0 Å². The average molecular weight is 434 g/mol. The van der Waals surface area contributed by atoms with E-state index in [0.717, 1.165) is 10.5 Å². The van der Waals surface area contributed by atoms with E-state index in [0.29, 0.717) is 30.1 Å². The van der Waals surface area contributed by atoms with E-state index in [-0.39, 0.29) is 24.4 Å². The monoisotopic (exact) mass is 434 g/mol. The number of nitrogens with one attached hydrogen (secondary N) is 1. The molecule has 0 spiro atoms. The van der Waals surface area contributed by atoms with Crippen molar-refractivity contribution in [3.05, 3.63) is 77.3 Å². The number of hydrogen-bond donors (Lipinski definition) is 1. The number of carbonyl (C=O) groups excluding carboxylic acids is 2. The van der Waals surface area contributed by atoms with E-state index in [1.54, 1.807) is 30.4 Å². The molecule has 6 nitrogen and oxygen atoms in total. The number of ether oxygens (including phenoxy) is 2. The first kappa shape index (κ1) is 22.6. The maximum Gasteiger partial charge on any atom is 0.329 e. The SMILES string of the molecule is C#CCOc1c(CC=C)cc(C=C2NC(=O)N(Cc3ccccc3F)C2=O)cc1OCC. The fourth-order valence-corrected chi connectivity index (χ4v) is 3.29. The van der Waals surface area contributed by atoms with Crippen LogP contribution in [-0.2, 0) is 17.8 Å². The zero-order valence-corrected chi connectivity index (χ0v) is 17.7. The van der Waals surface area contributed by atoms with Crippen molar-refractivity contribution in [2.24, 2.45) is 0 Å². The highest BCUT2D eigenvalue weighted by Gasteiger charge is 2.34. The molecule has 1 N–H and O–H groups in total. The number of hydrogen-bond acceptors (Lipinski definition) is 4. The Hall–Kier alpha value is -4.05. The minimum atomic E-state index is -0.616. The van der Waals surface area contributed by atoms with Crippen LogP contribution in [-0.4, -0.2) is 30.1 Å². The highest BCUT2D eigenvalue weighted by Crippen LogP contribution is 2.35. The minimum Gasteiger partial charge on any atom is -0.490 e. The van der Waals surface area contributed by atoms with E-state index in [4.69, 9.17) is 15.9 Å². The molecule has 0 aliphatic carbocycles. The highest BCUT2D eigenvalue weighted by molar-refractivity contribution is 6.13. The second-order valence-corrected chi connectivity index (χ2v) is 6.90. The molecule has 32 heavy (non-hydrogen) atoms. The molecule has 2 aromatic carbocycles. The maximum atomic E-state index is 14.0. The molecule has 3 amide bonds. The fourth-order valence-electron chi connectivity index (χ4n) is 3.29. The van der Waals surface area contributed by atoms with Gasteiger partial charge in [-0.05, 0) is 43.2 Å². The van der Waals surface area contributed by atoms with Crippen LogP contribution >= 0.6 is 0 Å². The third-order valence-corrected chi connectivity index (χ3v) is 4.68. The Morgan fingerprint density at radius 2 is 2.00 bits per heavy atom. The summed E-state index contributed by atoms with van der Waals surface area (Å²) in [5, 5.41) is 2.55. The zero-order chi connectivity index (χ0) is 23.1. The van der Waals surface area contributed by atoms with Gasteiger partial charge in [-0.1, -0.05) is 30.2 Å². The van der Waals surface area contributed by atoms with Gasteiger partial charge in [-0.25, -0.2) is 9.18 Å². The van der Waals surface area contributed by atoms with Crippen LogP contribution in [0, 0.1) is 18.2 Å². The Morgan fingerprint density at radius 3 is 2.69 bits per heavy atom. The summed E-state index contributed by atoms with van der Waals surface area (Å²) in [5.74, 6) is 2.37. The number of urea groups is 1. The van der Waals surface area contributed by atoms with Crippen molar-refractivity contribution in [1.82, 2.24) is 10.2 Å². The lowest BCUT2D eigenvalue weighted by Gasteiger charge is -2.15. The molecular formula is C25H23FN2O4. The number of imide groups is 1. The molecule has 0 radical (unpaired) electrons. The molecule has 2 aromatic rings. The smallest absolute Gasteiger partial charge is 0.329 e. The molecule has 0 atom stereocenters. The van der Waals surface area contributed by atoms with Crippen molar-refractivity contribution < 1.29 is 23.5 Å². The predicted molar refractivity (Wildman–Crippen MR) is 119 cm³/mol. The molecule has 164 valence electrons. The number of carbonyl (C=O) groups is 2. The predicted octanol–water partition coefficient (Wildman–Crippen LogP) is 4.06. The van der Waals surface area contributed by atoms with Gasteiger partial charge in [-0.15, -0.1) is 13.0 Å². The normalized spacial score (nSPS) is 14.3. The van der Waals surface area contributed by atoms with Gasteiger partial charge in [0.25, 0.3) is 5.91 Å². The lowest BCUT2D eigenvalue weighted by molar-refractivity contribution is -0.123. The Morgan fingerprint density at radius 1 is 1.22 bits per heavy atom. The number of halogens is 1. The third-order valence-electron chi connectivity index (χ3n) is 4.68. The number of benzene rings is 2. The van der Waals surface area contributed by atoms with Gasteiger partial charge >= 0.3 is 6.03 Å². The minimum absolute atomic E-state index is 0.0736. The molecule has 1 aliphatic heterocycles. The average Bonchev–Trinajstić information content (AvgIpc) is 3.02. The van der Waals surface area contributed by atoms with E-state index < -0.39 is 17.8 Å². The lowest BCUT2D eigenvalue weighted by atomic mass is 10.0. The van der Waals surface area contributed by atoms with E-state index in [1.165, 1.54) is 12.1 Å².